The second kappa shape index (κ2) is 7.25. The summed E-state index contributed by atoms with van der Waals surface area (Å²) in [6.07, 6.45) is 0.802. The van der Waals surface area contributed by atoms with Gasteiger partial charge in [0.25, 0.3) is 5.69 Å². The molecule has 6 nitrogen and oxygen atoms in total. The molecule has 1 aliphatic rings. The number of rotatable bonds is 5. The maximum absolute atomic E-state index is 12.6. The highest BCUT2D eigenvalue weighted by atomic mass is 16.6. The molecule has 3 unspecified atom stereocenters. The van der Waals surface area contributed by atoms with Crippen molar-refractivity contribution in [3.05, 3.63) is 75.8 Å². The van der Waals surface area contributed by atoms with E-state index in [2.05, 4.69) is 17.4 Å². The largest absolute Gasteiger partial charge is 0.369 e. The number of hydrogen-bond acceptors (Lipinski definition) is 4. The fourth-order valence-corrected chi connectivity index (χ4v) is 4.07. The zero-order valence-electron chi connectivity index (χ0n) is 14.7. The van der Waals surface area contributed by atoms with Gasteiger partial charge in [-0.05, 0) is 36.9 Å². The molecule has 136 valence electrons. The number of nitro benzene ring substituents is 1. The van der Waals surface area contributed by atoms with E-state index >= 15 is 0 Å². The summed E-state index contributed by atoms with van der Waals surface area (Å²) in [5.41, 5.74) is 6.87. The summed E-state index contributed by atoms with van der Waals surface area (Å²) in [6.45, 7) is 3.44. The normalized spacial score (nSPS) is 22.3. The summed E-state index contributed by atoms with van der Waals surface area (Å²) in [6, 6.07) is 16.3. The van der Waals surface area contributed by atoms with E-state index in [1.54, 1.807) is 12.1 Å². The van der Waals surface area contributed by atoms with Gasteiger partial charge in [-0.1, -0.05) is 42.5 Å². The Morgan fingerprint density at radius 1 is 1.19 bits per heavy atom. The van der Waals surface area contributed by atoms with Crippen LogP contribution in [0.25, 0.3) is 0 Å². The molecule has 0 radical (unpaired) electrons. The van der Waals surface area contributed by atoms with E-state index in [-0.39, 0.29) is 17.5 Å². The van der Waals surface area contributed by atoms with Crippen LogP contribution in [0.3, 0.4) is 0 Å². The molecule has 0 aromatic heterocycles. The van der Waals surface area contributed by atoms with Gasteiger partial charge >= 0.3 is 0 Å². The molecular formula is C20H23N3O3. The Kier molecular flexibility index (Phi) is 5.04. The lowest BCUT2D eigenvalue weighted by atomic mass is 9.62. The zero-order chi connectivity index (χ0) is 18.7. The van der Waals surface area contributed by atoms with Gasteiger partial charge in [0.1, 0.15) is 0 Å². The predicted octanol–water partition coefficient (Wildman–Crippen LogP) is 2.73. The molecule has 1 amide bonds. The molecule has 26 heavy (non-hydrogen) atoms. The summed E-state index contributed by atoms with van der Waals surface area (Å²) < 4.78 is 0. The van der Waals surface area contributed by atoms with Gasteiger partial charge in [-0.15, -0.1) is 0 Å². The van der Waals surface area contributed by atoms with Crippen molar-refractivity contribution in [3.8, 4) is 0 Å². The Hall–Kier alpha value is -2.73. The number of hydrogen-bond donors (Lipinski definition) is 2. The van der Waals surface area contributed by atoms with Gasteiger partial charge in [0.15, 0.2) is 0 Å². The first-order chi connectivity index (χ1) is 12.4. The predicted molar refractivity (Wildman–Crippen MR) is 99.8 cm³/mol. The molecule has 1 heterocycles. The number of nitro groups is 1. The maximum Gasteiger partial charge on any atom is 0.269 e. The SMILES string of the molecule is CC(C(N)=O)(c1ccc([N+](=O)[O-])cc1)C1CCNCC1c1ccccc1. The Balaban J connectivity index is 2.04. The highest BCUT2D eigenvalue weighted by molar-refractivity contribution is 5.87. The van der Waals surface area contributed by atoms with Crippen LogP contribution in [0.15, 0.2) is 54.6 Å². The number of carbonyl (C=O) groups excluding carboxylic acids is 1. The molecule has 3 atom stereocenters. The molecule has 0 aliphatic carbocycles. The van der Waals surface area contributed by atoms with E-state index in [1.165, 1.54) is 17.7 Å². The van der Waals surface area contributed by atoms with Gasteiger partial charge in [0, 0.05) is 24.6 Å². The van der Waals surface area contributed by atoms with Crippen molar-refractivity contribution in [2.75, 3.05) is 13.1 Å². The Labute approximate surface area is 152 Å². The second-order valence-electron chi connectivity index (χ2n) is 6.99. The van der Waals surface area contributed by atoms with Crippen LogP contribution in [0.2, 0.25) is 0 Å². The van der Waals surface area contributed by atoms with Gasteiger partial charge < -0.3 is 11.1 Å². The third-order valence-electron chi connectivity index (χ3n) is 5.64. The van der Waals surface area contributed by atoms with Crippen molar-refractivity contribution in [2.45, 2.75) is 24.7 Å². The summed E-state index contributed by atoms with van der Waals surface area (Å²) in [5, 5.41) is 14.3. The number of nitrogens with zero attached hydrogens (tertiary/aromatic N) is 1. The summed E-state index contributed by atoms with van der Waals surface area (Å²) in [4.78, 5) is 23.1. The van der Waals surface area contributed by atoms with Gasteiger partial charge in [0.05, 0.1) is 10.3 Å². The van der Waals surface area contributed by atoms with E-state index in [4.69, 9.17) is 5.73 Å². The molecular weight excluding hydrogens is 330 g/mol. The van der Waals surface area contributed by atoms with Gasteiger partial charge in [-0.3, -0.25) is 14.9 Å². The van der Waals surface area contributed by atoms with Crippen LogP contribution in [-0.2, 0) is 10.2 Å². The molecule has 1 saturated heterocycles. The van der Waals surface area contributed by atoms with Gasteiger partial charge in [-0.2, -0.15) is 0 Å². The van der Waals surface area contributed by atoms with Crippen LogP contribution in [0.4, 0.5) is 5.69 Å². The monoisotopic (exact) mass is 353 g/mol. The number of benzene rings is 2. The van der Waals surface area contributed by atoms with Crippen molar-refractivity contribution in [1.29, 1.82) is 0 Å². The lowest BCUT2D eigenvalue weighted by Crippen LogP contribution is -2.51. The van der Waals surface area contributed by atoms with Crippen molar-refractivity contribution >= 4 is 11.6 Å². The molecule has 1 fully saturated rings. The minimum absolute atomic E-state index is 0.00473. The summed E-state index contributed by atoms with van der Waals surface area (Å²) in [7, 11) is 0. The molecule has 0 bridgehead atoms. The van der Waals surface area contributed by atoms with Gasteiger partial charge in [0.2, 0.25) is 5.91 Å². The highest BCUT2D eigenvalue weighted by Gasteiger charge is 2.46. The topological polar surface area (TPSA) is 98.3 Å². The van der Waals surface area contributed by atoms with E-state index < -0.39 is 16.2 Å². The minimum Gasteiger partial charge on any atom is -0.369 e. The number of non-ortho nitro benzene ring substituents is 1. The van der Waals surface area contributed by atoms with E-state index in [9.17, 15) is 14.9 Å². The lowest BCUT2D eigenvalue weighted by Gasteiger charge is -2.43. The fourth-order valence-electron chi connectivity index (χ4n) is 4.07. The van der Waals surface area contributed by atoms with Crippen molar-refractivity contribution in [1.82, 2.24) is 5.32 Å². The van der Waals surface area contributed by atoms with E-state index in [0.717, 1.165) is 25.1 Å². The Morgan fingerprint density at radius 2 is 1.85 bits per heavy atom. The number of amides is 1. The summed E-state index contributed by atoms with van der Waals surface area (Å²) >= 11 is 0. The van der Waals surface area contributed by atoms with Crippen LogP contribution in [-0.4, -0.2) is 23.9 Å². The summed E-state index contributed by atoms with van der Waals surface area (Å²) in [5.74, 6) is -0.262. The van der Waals surface area contributed by atoms with E-state index in [1.807, 2.05) is 25.1 Å². The van der Waals surface area contributed by atoms with Crippen LogP contribution < -0.4 is 11.1 Å². The minimum atomic E-state index is -0.905. The van der Waals surface area contributed by atoms with Crippen molar-refractivity contribution < 1.29 is 9.72 Å². The third-order valence-corrected chi connectivity index (χ3v) is 5.64. The molecule has 2 aromatic rings. The molecule has 0 spiro atoms. The Morgan fingerprint density at radius 3 is 2.42 bits per heavy atom. The van der Waals surface area contributed by atoms with Crippen molar-refractivity contribution in [3.63, 3.8) is 0 Å². The van der Waals surface area contributed by atoms with Crippen molar-refractivity contribution in [2.24, 2.45) is 11.7 Å². The highest BCUT2D eigenvalue weighted by Crippen LogP contribution is 2.44. The standard InChI is InChI=1S/C20H23N3O3/c1-20(19(21)24,15-7-9-16(10-8-15)23(25)26)18-11-12-22-13-17(18)14-5-3-2-4-6-14/h2-10,17-18,22H,11-13H2,1H3,(H2,21,24). The molecule has 3 N–H and O–H groups in total. The first kappa shape index (κ1) is 18.1. The maximum atomic E-state index is 12.6. The van der Waals surface area contributed by atoms with Crippen LogP contribution in [0, 0.1) is 16.0 Å². The quantitative estimate of drug-likeness (QED) is 0.638. The van der Waals surface area contributed by atoms with Crippen LogP contribution in [0.5, 0.6) is 0 Å². The molecule has 1 aliphatic heterocycles. The fraction of sp³-hybridized carbons (Fsp3) is 0.350. The molecule has 6 heteroatoms. The zero-order valence-corrected chi connectivity index (χ0v) is 14.7. The average molecular weight is 353 g/mol. The second-order valence-corrected chi connectivity index (χ2v) is 6.99. The number of piperidine rings is 1. The number of nitrogens with two attached hydrogens (primary N) is 1. The van der Waals surface area contributed by atoms with Gasteiger partial charge in [-0.25, -0.2) is 0 Å². The lowest BCUT2D eigenvalue weighted by molar-refractivity contribution is -0.384. The van der Waals surface area contributed by atoms with Crippen LogP contribution >= 0.6 is 0 Å². The Bertz CT molecular complexity index is 792. The smallest absolute Gasteiger partial charge is 0.269 e. The molecule has 2 aromatic carbocycles. The molecule has 0 saturated carbocycles. The third kappa shape index (κ3) is 3.20. The van der Waals surface area contributed by atoms with Crippen LogP contribution in [0.1, 0.15) is 30.4 Å². The van der Waals surface area contributed by atoms with E-state index in [0.29, 0.717) is 0 Å². The number of carbonyl (C=O) groups is 1. The number of primary amides is 1. The first-order valence-electron chi connectivity index (χ1n) is 8.75. The number of nitrogens with one attached hydrogen (secondary N) is 1. The average Bonchev–Trinajstić information content (AvgIpc) is 2.68. The first-order valence-corrected chi connectivity index (χ1v) is 8.75. The molecule has 3 rings (SSSR count).